The van der Waals surface area contributed by atoms with E-state index in [4.69, 9.17) is 9.15 Å². The SMILES string of the molecule is Cc1cccc(Cc2nnc(C(=O)[C@@H](NC(=O)CN(C(=O)C(NC(=O)OCc3ccccc3)C(C)C)c3ccccc3)C(C)C)o2)c1. The highest BCUT2D eigenvalue weighted by atomic mass is 16.5. The van der Waals surface area contributed by atoms with Crippen LogP contribution in [0.25, 0.3) is 0 Å². The fourth-order valence-electron chi connectivity index (χ4n) is 4.93. The van der Waals surface area contributed by atoms with Crippen molar-refractivity contribution in [2.45, 2.75) is 59.7 Å². The summed E-state index contributed by atoms with van der Waals surface area (Å²) in [4.78, 5) is 54.9. The minimum Gasteiger partial charge on any atom is -0.445 e. The van der Waals surface area contributed by atoms with Crippen LogP contribution in [0.4, 0.5) is 10.5 Å². The molecule has 4 aromatic rings. The molecule has 0 saturated carbocycles. The third kappa shape index (κ3) is 9.83. The van der Waals surface area contributed by atoms with E-state index in [-0.39, 0.29) is 30.2 Å². The lowest BCUT2D eigenvalue weighted by molar-refractivity contribution is -0.125. The summed E-state index contributed by atoms with van der Waals surface area (Å²) in [6, 6.07) is 23.7. The van der Waals surface area contributed by atoms with Gasteiger partial charge in [-0.2, -0.15) is 0 Å². The van der Waals surface area contributed by atoms with Crippen LogP contribution in [0.3, 0.4) is 0 Å². The van der Waals surface area contributed by atoms with Gasteiger partial charge in [0.1, 0.15) is 19.2 Å². The molecule has 1 aromatic heterocycles. The van der Waals surface area contributed by atoms with Crippen LogP contribution in [-0.4, -0.2) is 52.5 Å². The predicted octanol–water partition coefficient (Wildman–Crippen LogP) is 5.28. The van der Waals surface area contributed by atoms with Crippen LogP contribution >= 0.6 is 0 Å². The second-order valence-corrected chi connectivity index (χ2v) is 12.0. The highest BCUT2D eigenvalue weighted by Gasteiger charge is 2.34. The molecule has 4 rings (SSSR count). The summed E-state index contributed by atoms with van der Waals surface area (Å²) in [5.74, 6) is -2.21. The number of alkyl carbamates (subject to hydrolysis) is 1. The number of anilines is 1. The molecule has 0 spiro atoms. The Hall–Kier alpha value is -5.32. The molecule has 0 bridgehead atoms. The third-order valence-corrected chi connectivity index (χ3v) is 7.44. The first-order valence-electron chi connectivity index (χ1n) is 15.6. The van der Waals surface area contributed by atoms with Gasteiger partial charge in [-0.05, 0) is 42.0 Å². The van der Waals surface area contributed by atoms with E-state index in [2.05, 4.69) is 20.8 Å². The van der Waals surface area contributed by atoms with E-state index in [1.807, 2.05) is 61.5 Å². The summed E-state index contributed by atoms with van der Waals surface area (Å²) < 4.78 is 11.0. The smallest absolute Gasteiger partial charge is 0.408 e. The first-order valence-corrected chi connectivity index (χ1v) is 15.6. The van der Waals surface area contributed by atoms with Gasteiger partial charge >= 0.3 is 6.09 Å². The molecular weight excluding hydrogens is 598 g/mol. The fraction of sp³-hybridized carbons (Fsp3) is 0.333. The quantitative estimate of drug-likeness (QED) is 0.178. The van der Waals surface area contributed by atoms with Crippen LogP contribution < -0.4 is 15.5 Å². The van der Waals surface area contributed by atoms with Crippen molar-refractivity contribution >= 4 is 29.4 Å². The highest BCUT2D eigenvalue weighted by molar-refractivity contribution is 6.04. The van der Waals surface area contributed by atoms with E-state index < -0.39 is 42.3 Å². The number of ketones is 1. The lowest BCUT2D eigenvalue weighted by atomic mass is 9.99. The molecule has 11 heteroatoms. The monoisotopic (exact) mass is 639 g/mol. The van der Waals surface area contributed by atoms with E-state index in [0.29, 0.717) is 12.1 Å². The molecule has 0 aliphatic rings. The zero-order valence-corrected chi connectivity index (χ0v) is 27.3. The Bertz CT molecular complexity index is 1650. The topological polar surface area (TPSA) is 144 Å². The Labute approximate surface area is 274 Å². The molecule has 0 saturated heterocycles. The molecule has 246 valence electrons. The molecule has 2 N–H and O–H groups in total. The average molecular weight is 640 g/mol. The zero-order valence-electron chi connectivity index (χ0n) is 27.3. The van der Waals surface area contributed by atoms with E-state index in [1.165, 1.54) is 4.90 Å². The van der Waals surface area contributed by atoms with Gasteiger partial charge in [0, 0.05) is 5.69 Å². The number of benzene rings is 3. The maximum absolute atomic E-state index is 14.0. The Kier molecular flexibility index (Phi) is 12.0. The Morgan fingerprint density at radius 2 is 1.43 bits per heavy atom. The first-order chi connectivity index (χ1) is 22.5. The van der Waals surface area contributed by atoms with Crippen molar-refractivity contribution in [3.63, 3.8) is 0 Å². The number of Topliss-reactive ketones (excluding diaryl/α,β-unsaturated/α-hetero) is 1. The normalized spacial score (nSPS) is 12.3. The van der Waals surface area contributed by atoms with Crippen molar-refractivity contribution in [3.8, 4) is 0 Å². The van der Waals surface area contributed by atoms with Gasteiger partial charge in [0.05, 0.1) is 12.5 Å². The van der Waals surface area contributed by atoms with Crippen LogP contribution in [0.1, 0.15) is 61.0 Å². The predicted molar refractivity (Wildman–Crippen MR) is 177 cm³/mol. The molecule has 0 aliphatic carbocycles. The molecule has 1 heterocycles. The number of hydrogen-bond donors (Lipinski definition) is 2. The minimum absolute atomic E-state index is 0.0363. The lowest BCUT2D eigenvalue weighted by Gasteiger charge is -2.30. The van der Waals surface area contributed by atoms with Crippen LogP contribution in [0, 0.1) is 18.8 Å². The van der Waals surface area contributed by atoms with Gasteiger partial charge in [-0.25, -0.2) is 4.79 Å². The van der Waals surface area contributed by atoms with Crippen molar-refractivity contribution < 1.29 is 28.3 Å². The number of ether oxygens (including phenoxy) is 1. The van der Waals surface area contributed by atoms with Crippen LogP contribution in [0.15, 0.2) is 89.3 Å². The largest absolute Gasteiger partial charge is 0.445 e. The first kappa shape index (κ1) is 34.6. The molecule has 1 unspecified atom stereocenters. The van der Waals surface area contributed by atoms with Crippen molar-refractivity contribution in [1.82, 2.24) is 20.8 Å². The number of hydrogen-bond acceptors (Lipinski definition) is 8. The summed E-state index contributed by atoms with van der Waals surface area (Å²) >= 11 is 0. The number of nitrogens with one attached hydrogen (secondary N) is 2. The highest BCUT2D eigenvalue weighted by Crippen LogP contribution is 2.19. The van der Waals surface area contributed by atoms with Gasteiger partial charge in [0.15, 0.2) is 0 Å². The summed E-state index contributed by atoms with van der Waals surface area (Å²) in [5.41, 5.74) is 3.30. The van der Waals surface area contributed by atoms with Crippen LogP contribution in [-0.2, 0) is 27.4 Å². The molecule has 0 fully saturated rings. The number of amides is 3. The van der Waals surface area contributed by atoms with Crippen LogP contribution in [0.5, 0.6) is 0 Å². The molecule has 0 aliphatic heterocycles. The average Bonchev–Trinajstić information content (AvgIpc) is 3.52. The van der Waals surface area contributed by atoms with Gasteiger partial charge in [-0.15, -0.1) is 10.2 Å². The van der Waals surface area contributed by atoms with Crippen molar-refractivity contribution in [2.75, 3.05) is 11.4 Å². The van der Waals surface area contributed by atoms with E-state index in [9.17, 15) is 19.2 Å². The van der Waals surface area contributed by atoms with Gasteiger partial charge in [-0.3, -0.25) is 14.4 Å². The van der Waals surface area contributed by atoms with Gasteiger partial charge in [0.25, 0.3) is 5.89 Å². The Balaban J connectivity index is 1.46. The lowest BCUT2D eigenvalue weighted by Crippen LogP contribution is -2.55. The van der Waals surface area contributed by atoms with Crippen LogP contribution in [0.2, 0.25) is 0 Å². The van der Waals surface area contributed by atoms with Gasteiger partial charge in [0.2, 0.25) is 23.5 Å². The number of aromatic nitrogens is 2. The summed E-state index contributed by atoms with van der Waals surface area (Å²) in [6.45, 7) is 8.75. The number of nitrogens with zero attached hydrogens (tertiary/aromatic N) is 3. The summed E-state index contributed by atoms with van der Waals surface area (Å²) in [7, 11) is 0. The Morgan fingerprint density at radius 3 is 2.06 bits per heavy atom. The number of para-hydroxylation sites is 1. The number of aryl methyl sites for hydroxylation is 1. The summed E-state index contributed by atoms with van der Waals surface area (Å²) in [6.07, 6.45) is -0.398. The van der Waals surface area contributed by atoms with Gasteiger partial charge in [-0.1, -0.05) is 106 Å². The second-order valence-electron chi connectivity index (χ2n) is 12.0. The van der Waals surface area contributed by atoms with E-state index >= 15 is 0 Å². The van der Waals surface area contributed by atoms with Crippen molar-refractivity contribution in [1.29, 1.82) is 0 Å². The molecule has 3 amide bonds. The molecule has 2 atom stereocenters. The fourth-order valence-corrected chi connectivity index (χ4v) is 4.93. The standard InChI is InChI=1S/C36H41N5O6/c1-23(2)31(33(43)34-40-39-30(47-34)20-27-16-12-13-25(5)19-27)37-29(42)21-41(28-17-10-7-11-18-28)35(44)32(24(3)4)38-36(45)46-22-26-14-8-6-9-15-26/h6-19,23-24,31-32H,20-22H2,1-5H3,(H,37,42)(H,38,45)/t31-,32?/m0/s1. The Morgan fingerprint density at radius 1 is 0.787 bits per heavy atom. The summed E-state index contributed by atoms with van der Waals surface area (Å²) in [5, 5.41) is 13.4. The third-order valence-electron chi connectivity index (χ3n) is 7.44. The van der Waals surface area contributed by atoms with Crippen molar-refractivity contribution in [2.24, 2.45) is 11.8 Å². The maximum atomic E-state index is 14.0. The van der Waals surface area contributed by atoms with E-state index in [1.54, 1.807) is 58.0 Å². The van der Waals surface area contributed by atoms with Gasteiger partial charge < -0.3 is 24.7 Å². The molecule has 3 aromatic carbocycles. The zero-order chi connectivity index (χ0) is 33.9. The minimum atomic E-state index is -1.00. The molecule has 11 nitrogen and oxygen atoms in total. The number of carbonyl (C=O) groups excluding carboxylic acids is 4. The second kappa shape index (κ2) is 16.3. The number of carbonyl (C=O) groups is 4. The molecule has 47 heavy (non-hydrogen) atoms. The van der Waals surface area contributed by atoms with Crippen molar-refractivity contribution in [3.05, 3.63) is 113 Å². The maximum Gasteiger partial charge on any atom is 0.408 e. The molecular formula is C36H41N5O6. The molecule has 0 radical (unpaired) electrons. The van der Waals surface area contributed by atoms with E-state index in [0.717, 1.165) is 16.7 Å². The number of rotatable bonds is 14.